The summed E-state index contributed by atoms with van der Waals surface area (Å²) in [6.07, 6.45) is 0.686. The average molecular weight is 510 g/mol. The molecule has 0 radical (unpaired) electrons. The van der Waals surface area contributed by atoms with Crippen LogP contribution >= 0.6 is 22.8 Å². The van der Waals surface area contributed by atoms with Gasteiger partial charge >= 0.3 is 22.8 Å². The lowest BCUT2D eigenvalue weighted by Gasteiger charge is -2.12. The van der Waals surface area contributed by atoms with E-state index in [2.05, 4.69) is 0 Å². The largest absolute Gasteiger partial charge is 0.481 e. The van der Waals surface area contributed by atoms with Crippen LogP contribution in [0.2, 0.25) is 0 Å². The number of benzene rings is 2. The Morgan fingerprint density at radius 2 is 0.938 bits per heavy atom. The predicted molar refractivity (Wildman–Crippen MR) is 114 cm³/mol. The Bertz CT molecular complexity index is 1040. The minimum Gasteiger partial charge on any atom is -0.481 e. The van der Waals surface area contributed by atoms with Gasteiger partial charge in [-0.3, -0.25) is 13.7 Å². The summed E-state index contributed by atoms with van der Waals surface area (Å²) in [5.74, 6) is 0.279. The molecule has 0 unspecified atom stereocenters. The fourth-order valence-corrected chi connectivity index (χ4v) is 3.15. The number of rotatable bonds is 11. The molecule has 0 aromatic heterocycles. The van der Waals surface area contributed by atoms with E-state index in [0.717, 1.165) is 0 Å². The standard InChI is InChI=1S/C17H21O12P3/c18-30(19,20)10-27-15-5-3-13(4-6-15)1-2-14-7-16(28-11-31(21,22)23)9-17(8-14)29-12-32(24,25)26/h1-9H,10-12H2,(H2,18,19,20)(H2,21,22,23)(H2,24,25,26)/b2-1+. The predicted octanol–water partition coefficient (Wildman–Crippen LogP) is 2.40. The van der Waals surface area contributed by atoms with E-state index in [1.807, 2.05) is 0 Å². The Morgan fingerprint density at radius 1 is 0.562 bits per heavy atom. The monoisotopic (exact) mass is 510 g/mol. The van der Waals surface area contributed by atoms with Crippen molar-refractivity contribution in [3.63, 3.8) is 0 Å². The molecule has 6 N–H and O–H groups in total. The zero-order valence-electron chi connectivity index (χ0n) is 16.3. The Hall–Kier alpha value is -1.97. The Balaban J connectivity index is 2.18. The smallest absolute Gasteiger partial charge is 0.362 e. The lowest BCUT2D eigenvalue weighted by Crippen LogP contribution is -2.01. The Kier molecular flexibility index (Phi) is 8.84. The fraction of sp³-hybridized carbons (Fsp3) is 0.176. The van der Waals surface area contributed by atoms with Crippen LogP contribution in [0.25, 0.3) is 12.2 Å². The fourth-order valence-electron chi connectivity index (χ4n) is 2.20. The number of hydrogen-bond acceptors (Lipinski definition) is 6. The van der Waals surface area contributed by atoms with E-state index in [0.29, 0.717) is 11.1 Å². The zero-order chi connectivity index (χ0) is 24.0. The normalized spacial score (nSPS) is 12.7. The molecule has 0 bridgehead atoms. The van der Waals surface area contributed by atoms with Gasteiger partial charge < -0.3 is 43.6 Å². The summed E-state index contributed by atoms with van der Waals surface area (Å²) in [4.78, 5) is 53.5. The van der Waals surface area contributed by atoms with E-state index in [-0.39, 0.29) is 17.2 Å². The van der Waals surface area contributed by atoms with E-state index in [9.17, 15) is 13.7 Å². The summed E-state index contributed by atoms with van der Waals surface area (Å²) >= 11 is 0. The van der Waals surface area contributed by atoms with Crippen LogP contribution in [0.5, 0.6) is 17.2 Å². The van der Waals surface area contributed by atoms with E-state index in [1.54, 1.807) is 24.3 Å². The van der Waals surface area contributed by atoms with Gasteiger partial charge in [-0.15, -0.1) is 0 Å². The molecule has 176 valence electrons. The van der Waals surface area contributed by atoms with Crippen molar-refractivity contribution in [2.45, 2.75) is 0 Å². The van der Waals surface area contributed by atoms with Gasteiger partial charge in [-0.1, -0.05) is 24.3 Å². The van der Waals surface area contributed by atoms with Gasteiger partial charge in [-0.05, 0) is 35.4 Å². The lowest BCUT2D eigenvalue weighted by atomic mass is 10.1. The molecule has 2 aromatic rings. The van der Waals surface area contributed by atoms with E-state index < -0.39 is 41.8 Å². The molecular weight excluding hydrogens is 489 g/mol. The molecule has 0 amide bonds. The van der Waals surface area contributed by atoms with Crippen LogP contribution < -0.4 is 14.2 Å². The van der Waals surface area contributed by atoms with Crippen LogP contribution in [0.4, 0.5) is 0 Å². The Morgan fingerprint density at radius 3 is 1.34 bits per heavy atom. The summed E-state index contributed by atoms with van der Waals surface area (Å²) in [6, 6.07) is 10.3. The maximum Gasteiger partial charge on any atom is 0.362 e. The molecule has 0 aliphatic rings. The highest BCUT2D eigenvalue weighted by Crippen LogP contribution is 2.38. The van der Waals surface area contributed by atoms with Crippen molar-refractivity contribution in [1.82, 2.24) is 0 Å². The second-order valence-corrected chi connectivity index (χ2v) is 11.2. The minimum atomic E-state index is -4.45. The van der Waals surface area contributed by atoms with Crippen LogP contribution in [-0.4, -0.2) is 48.4 Å². The molecule has 2 aromatic carbocycles. The summed E-state index contributed by atoms with van der Waals surface area (Å²) in [6.45, 7) is 0. The van der Waals surface area contributed by atoms with Gasteiger partial charge in [0.05, 0.1) is 0 Å². The van der Waals surface area contributed by atoms with Gasteiger partial charge in [0.1, 0.15) is 17.2 Å². The third kappa shape index (κ3) is 11.1. The summed E-state index contributed by atoms with van der Waals surface area (Å²) in [5.41, 5.74) is 1.11. The molecule has 12 nitrogen and oxygen atoms in total. The molecule has 0 aliphatic carbocycles. The highest BCUT2D eigenvalue weighted by molar-refractivity contribution is 7.52. The zero-order valence-corrected chi connectivity index (χ0v) is 19.0. The maximum absolute atomic E-state index is 11.0. The summed E-state index contributed by atoms with van der Waals surface area (Å²) < 4.78 is 48.0. The van der Waals surface area contributed by atoms with Crippen molar-refractivity contribution in [1.29, 1.82) is 0 Å². The molecular formula is C17H21O12P3. The highest BCUT2D eigenvalue weighted by atomic mass is 31.2. The third-order valence-corrected chi connectivity index (χ3v) is 4.85. The molecule has 0 fully saturated rings. The Labute approximate surface area is 182 Å². The van der Waals surface area contributed by atoms with Gasteiger partial charge in [0.2, 0.25) is 0 Å². The second-order valence-electron chi connectivity index (χ2n) is 6.45. The quantitative estimate of drug-likeness (QED) is 0.191. The van der Waals surface area contributed by atoms with Crippen molar-refractivity contribution in [3.8, 4) is 17.2 Å². The van der Waals surface area contributed by atoms with Crippen LogP contribution in [0.1, 0.15) is 11.1 Å². The van der Waals surface area contributed by atoms with Crippen LogP contribution in [-0.2, 0) is 13.7 Å². The van der Waals surface area contributed by atoms with E-state index in [1.165, 1.54) is 30.3 Å². The molecule has 0 saturated carbocycles. The first-order valence-electron chi connectivity index (χ1n) is 8.64. The van der Waals surface area contributed by atoms with Gasteiger partial charge in [-0.25, -0.2) is 0 Å². The lowest BCUT2D eigenvalue weighted by molar-refractivity contribution is 0.292. The van der Waals surface area contributed by atoms with Crippen molar-refractivity contribution in [3.05, 3.63) is 53.6 Å². The van der Waals surface area contributed by atoms with Gasteiger partial charge in [0.15, 0.2) is 19.0 Å². The van der Waals surface area contributed by atoms with Gasteiger partial charge in [0, 0.05) is 6.07 Å². The molecule has 2 rings (SSSR count). The van der Waals surface area contributed by atoms with E-state index in [4.69, 9.17) is 43.6 Å². The minimum absolute atomic E-state index is 0.0115. The highest BCUT2D eigenvalue weighted by Gasteiger charge is 2.17. The molecule has 0 saturated heterocycles. The average Bonchev–Trinajstić information content (AvgIpc) is 2.67. The van der Waals surface area contributed by atoms with Crippen LogP contribution in [0.15, 0.2) is 42.5 Å². The molecule has 32 heavy (non-hydrogen) atoms. The van der Waals surface area contributed by atoms with Gasteiger partial charge in [0.25, 0.3) is 0 Å². The first-order valence-corrected chi connectivity index (χ1v) is 14.0. The molecule has 0 aliphatic heterocycles. The second kappa shape index (κ2) is 10.8. The molecule has 0 heterocycles. The molecule has 0 spiro atoms. The SMILES string of the molecule is O=P(O)(O)COc1ccc(/C=C/c2cc(OCP(=O)(O)O)cc(OCP(=O)(O)O)c2)cc1. The number of ether oxygens (including phenoxy) is 3. The van der Waals surface area contributed by atoms with Crippen LogP contribution in [0.3, 0.4) is 0 Å². The first kappa shape index (κ1) is 26.3. The van der Waals surface area contributed by atoms with Crippen molar-refractivity contribution in [2.24, 2.45) is 0 Å². The van der Waals surface area contributed by atoms with Crippen molar-refractivity contribution < 1.29 is 57.3 Å². The number of hydrogen-bond donors (Lipinski definition) is 6. The summed E-state index contributed by atoms with van der Waals surface area (Å²) in [5, 5.41) is 0. The third-order valence-electron chi connectivity index (χ3n) is 3.45. The molecule has 0 atom stereocenters. The van der Waals surface area contributed by atoms with Crippen molar-refractivity contribution >= 4 is 34.9 Å². The van der Waals surface area contributed by atoms with Gasteiger partial charge in [-0.2, -0.15) is 0 Å². The molecule has 15 heteroatoms. The summed E-state index contributed by atoms with van der Waals surface area (Å²) in [7, 11) is -13.2. The van der Waals surface area contributed by atoms with Crippen LogP contribution in [0, 0.1) is 0 Å². The van der Waals surface area contributed by atoms with E-state index >= 15 is 0 Å². The topological polar surface area (TPSA) is 200 Å². The first-order chi connectivity index (χ1) is 14.7. The van der Waals surface area contributed by atoms with Crippen molar-refractivity contribution in [2.75, 3.05) is 19.0 Å². The maximum atomic E-state index is 11.0.